The molecule has 2 amide bonds. The molecule has 2 N–H and O–H groups in total. The largest absolute Gasteiger partial charge is 0.290 e. The van der Waals surface area contributed by atoms with Crippen LogP contribution in [-0.2, 0) is 13.0 Å². The second-order valence-corrected chi connectivity index (χ2v) is 7.17. The lowest BCUT2D eigenvalue weighted by molar-refractivity contribution is 0.0843. The van der Waals surface area contributed by atoms with Crippen LogP contribution in [-0.4, -0.2) is 31.4 Å². The van der Waals surface area contributed by atoms with Gasteiger partial charge in [-0.3, -0.25) is 25.2 Å². The maximum absolute atomic E-state index is 13.2. The predicted molar refractivity (Wildman–Crippen MR) is 120 cm³/mol. The third kappa shape index (κ3) is 4.10. The number of fused-ring (bicyclic) bond motifs is 1. The molecule has 0 aliphatic heterocycles. The highest BCUT2D eigenvalue weighted by molar-refractivity contribution is 6.06. The van der Waals surface area contributed by atoms with E-state index in [1.54, 1.807) is 48.0 Å². The molecule has 0 saturated carbocycles. The Hall–Kier alpha value is -4.34. The van der Waals surface area contributed by atoms with Gasteiger partial charge in [-0.25, -0.2) is 13.8 Å². The van der Waals surface area contributed by atoms with Crippen LogP contribution in [0.4, 0.5) is 4.39 Å². The summed E-state index contributed by atoms with van der Waals surface area (Å²) in [7, 11) is 0. The summed E-state index contributed by atoms with van der Waals surface area (Å²) >= 11 is 0. The molecule has 0 aliphatic rings. The number of hydrazine groups is 1. The Morgan fingerprint density at radius 3 is 2.30 bits per heavy atom. The van der Waals surface area contributed by atoms with Crippen LogP contribution in [0.25, 0.3) is 16.5 Å². The van der Waals surface area contributed by atoms with Crippen LogP contribution in [0, 0.1) is 5.82 Å². The SMILES string of the molecule is CCc1c(C(=O)NNC(=O)c2nn(CC)c(=O)c3ccccc23)cnn1-c1ccc(F)cc1. The molecule has 33 heavy (non-hydrogen) atoms. The fourth-order valence-electron chi connectivity index (χ4n) is 3.57. The van der Waals surface area contributed by atoms with Crippen LogP contribution in [0.5, 0.6) is 0 Å². The number of nitrogens with zero attached hydrogens (tertiary/aromatic N) is 4. The molecule has 0 bridgehead atoms. The number of hydrogen-bond acceptors (Lipinski definition) is 5. The summed E-state index contributed by atoms with van der Waals surface area (Å²) in [4.78, 5) is 38.1. The van der Waals surface area contributed by atoms with Crippen LogP contribution >= 0.6 is 0 Å². The number of amides is 2. The molecule has 2 aromatic heterocycles. The van der Waals surface area contributed by atoms with E-state index in [0.717, 1.165) is 0 Å². The Labute approximate surface area is 187 Å². The first-order valence-electron chi connectivity index (χ1n) is 10.4. The molecule has 0 aliphatic carbocycles. The minimum atomic E-state index is -0.661. The van der Waals surface area contributed by atoms with E-state index in [9.17, 15) is 18.8 Å². The molecule has 0 unspecified atom stereocenters. The Morgan fingerprint density at radius 1 is 0.970 bits per heavy atom. The van der Waals surface area contributed by atoms with Gasteiger partial charge in [0.15, 0.2) is 5.69 Å². The summed E-state index contributed by atoms with van der Waals surface area (Å²) in [5, 5.41) is 9.13. The fraction of sp³-hybridized carbons (Fsp3) is 0.174. The molecular formula is C23H21FN6O3. The maximum Gasteiger partial charge on any atom is 0.290 e. The van der Waals surface area contributed by atoms with Crippen molar-refractivity contribution in [2.24, 2.45) is 0 Å². The van der Waals surface area contributed by atoms with Crippen molar-refractivity contribution < 1.29 is 14.0 Å². The van der Waals surface area contributed by atoms with Crippen LogP contribution in [0.2, 0.25) is 0 Å². The lowest BCUT2D eigenvalue weighted by atomic mass is 10.1. The summed E-state index contributed by atoms with van der Waals surface area (Å²) in [6, 6.07) is 12.4. The van der Waals surface area contributed by atoms with Crippen LogP contribution in [0.1, 0.15) is 40.4 Å². The highest BCUT2D eigenvalue weighted by Gasteiger charge is 2.20. The number of aryl methyl sites for hydroxylation is 1. The van der Waals surface area contributed by atoms with Gasteiger partial charge < -0.3 is 0 Å². The Balaban J connectivity index is 1.58. The van der Waals surface area contributed by atoms with Crippen molar-refractivity contribution in [2.75, 3.05) is 0 Å². The van der Waals surface area contributed by atoms with Crippen molar-refractivity contribution in [1.82, 2.24) is 30.4 Å². The highest BCUT2D eigenvalue weighted by Crippen LogP contribution is 2.17. The predicted octanol–water partition coefficient (Wildman–Crippen LogP) is 2.38. The standard InChI is InChI=1S/C23H21FN6O3/c1-3-19-18(13-25-30(19)15-11-9-14(24)10-12-15)21(31)26-27-22(32)20-16-7-5-6-8-17(16)23(33)29(4-2)28-20/h5-13H,3-4H2,1-2H3,(H,26,31)(H,27,32). The van der Waals surface area contributed by atoms with E-state index in [-0.39, 0.29) is 22.6 Å². The third-order valence-corrected chi connectivity index (χ3v) is 5.19. The summed E-state index contributed by atoms with van der Waals surface area (Å²) in [5.74, 6) is -1.60. The summed E-state index contributed by atoms with van der Waals surface area (Å²) in [5.41, 5.74) is 5.93. The number of rotatable bonds is 5. The molecule has 0 radical (unpaired) electrons. The van der Waals surface area contributed by atoms with Crippen molar-refractivity contribution in [3.05, 3.63) is 87.9 Å². The quantitative estimate of drug-likeness (QED) is 0.456. The zero-order valence-corrected chi connectivity index (χ0v) is 18.0. The molecule has 2 aromatic carbocycles. The van der Waals surface area contributed by atoms with Gasteiger partial charge in [-0.05, 0) is 43.7 Å². The van der Waals surface area contributed by atoms with E-state index >= 15 is 0 Å². The lowest BCUT2D eigenvalue weighted by Gasteiger charge is -2.11. The molecule has 4 rings (SSSR count). The van der Waals surface area contributed by atoms with Gasteiger partial charge in [0, 0.05) is 11.9 Å². The number of carbonyl (C=O) groups excluding carboxylic acids is 2. The van der Waals surface area contributed by atoms with Gasteiger partial charge in [-0.1, -0.05) is 25.1 Å². The molecule has 10 heteroatoms. The van der Waals surface area contributed by atoms with Crippen molar-refractivity contribution in [3.63, 3.8) is 0 Å². The molecule has 4 aromatic rings. The summed E-state index contributed by atoms with van der Waals surface area (Å²) < 4.78 is 16.0. The molecule has 0 spiro atoms. The van der Waals surface area contributed by atoms with Gasteiger partial charge >= 0.3 is 0 Å². The minimum absolute atomic E-state index is 0.0186. The molecule has 0 atom stereocenters. The van der Waals surface area contributed by atoms with Gasteiger partial charge in [0.25, 0.3) is 17.4 Å². The van der Waals surface area contributed by atoms with Crippen LogP contribution in [0.3, 0.4) is 0 Å². The first kappa shape index (κ1) is 21.9. The zero-order valence-electron chi connectivity index (χ0n) is 18.0. The van der Waals surface area contributed by atoms with Crippen molar-refractivity contribution in [1.29, 1.82) is 0 Å². The van der Waals surface area contributed by atoms with Crippen molar-refractivity contribution >= 4 is 22.6 Å². The molecule has 9 nitrogen and oxygen atoms in total. The van der Waals surface area contributed by atoms with Gasteiger partial charge in [0.1, 0.15) is 5.82 Å². The Bertz CT molecular complexity index is 1410. The minimum Gasteiger partial charge on any atom is -0.267 e. The fourth-order valence-corrected chi connectivity index (χ4v) is 3.57. The number of halogens is 1. The van der Waals surface area contributed by atoms with Gasteiger partial charge in [-0.15, -0.1) is 0 Å². The molecule has 0 fully saturated rings. The molecule has 0 saturated heterocycles. The monoisotopic (exact) mass is 448 g/mol. The number of nitrogens with one attached hydrogen (secondary N) is 2. The first-order valence-corrected chi connectivity index (χ1v) is 10.4. The number of aromatic nitrogens is 4. The van der Waals surface area contributed by atoms with E-state index in [1.165, 1.54) is 23.0 Å². The molecule has 168 valence electrons. The van der Waals surface area contributed by atoms with Gasteiger partial charge in [-0.2, -0.15) is 10.2 Å². The molecule has 2 heterocycles. The van der Waals surface area contributed by atoms with Crippen LogP contribution < -0.4 is 16.4 Å². The smallest absolute Gasteiger partial charge is 0.267 e. The van der Waals surface area contributed by atoms with E-state index < -0.39 is 11.8 Å². The highest BCUT2D eigenvalue weighted by atomic mass is 19.1. The van der Waals surface area contributed by atoms with Crippen molar-refractivity contribution in [3.8, 4) is 5.69 Å². The maximum atomic E-state index is 13.2. The average Bonchev–Trinajstić information content (AvgIpc) is 3.27. The number of benzene rings is 2. The Kier molecular flexibility index (Phi) is 5.99. The van der Waals surface area contributed by atoms with E-state index in [1.807, 2.05) is 6.92 Å². The third-order valence-electron chi connectivity index (χ3n) is 5.19. The topological polar surface area (TPSA) is 111 Å². The summed E-state index contributed by atoms with van der Waals surface area (Å²) in [6.45, 7) is 3.90. The van der Waals surface area contributed by atoms with E-state index in [2.05, 4.69) is 21.0 Å². The first-order chi connectivity index (χ1) is 15.9. The normalized spacial score (nSPS) is 10.9. The average molecular weight is 448 g/mol. The summed E-state index contributed by atoms with van der Waals surface area (Å²) in [6.07, 6.45) is 1.86. The van der Waals surface area contributed by atoms with E-state index in [4.69, 9.17) is 0 Å². The van der Waals surface area contributed by atoms with Gasteiger partial charge in [0.2, 0.25) is 0 Å². The zero-order chi connectivity index (χ0) is 23.5. The van der Waals surface area contributed by atoms with Crippen molar-refractivity contribution in [2.45, 2.75) is 26.8 Å². The number of hydrogen-bond donors (Lipinski definition) is 2. The van der Waals surface area contributed by atoms with Gasteiger partial charge in [0.05, 0.1) is 28.5 Å². The lowest BCUT2D eigenvalue weighted by Crippen LogP contribution is -2.43. The Morgan fingerprint density at radius 2 is 1.64 bits per heavy atom. The van der Waals surface area contributed by atoms with E-state index in [0.29, 0.717) is 35.1 Å². The van der Waals surface area contributed by atoms with Crippen LogP contribution in [0.15, 0.2) is 59.5 Å². The number of carbonyl (C=O) groups is 2. The molecular weight excluding hydrogens is 427 g/mol. The second-order valence-electron chi connectivity index (χ2n) is 7.17. The second kappa shape index (κ2) is 9.03.